The number of benzene rings is 2. The molecule has 0 atom stereocenters. The van der Waals surface area contributed by atoms with E-state index < -0.39 is 0 Å². The summed E-state index contributed by atoms with van der Waals surface area (Å²) in [7, 11) is 1.51. The number of amides is 1. The number of carbonyl (C=O) groups excluding carboxylic acids is 1. The minimum Gasteiger partial charge on any atom is -0.494 e. The molecule has 0 spiro atoms. The lowest BCUT2D eigenvalue weighted by Gasteiger charge is -2.10. The van der Waals surface area contributed by atoms with Gasteiger partial charge in [-0.2, -0.15) is 0 Å². The number of methoxy groups -OCH3 is 1. The van der Waals surface area contributed by atoms with Crippen LogP contribution >= 0.6 is 11.8 Å². The average Bonchev–Trinajstić information content (AvgIpc) is 2.48. The summed E-state index contributed by atoms with van der Waals surface area (Å²) in [6.07, 6.45) is 0. The zero-order valence-electron chi connectivity index (χ0n) is 11.4. The summed E-state index contributed by atoms with van der Waals surface area (Å²) < 4.78 is 17.9. The number of rotatable bonds is 5. The highest BCUT2D eigenvalue weighted by atomic mass is 32.2. The Morgan fingerprint density at radius 1 is 1.29 bits per heavy atom. The third-order valence-electron chi connectivity index (χ3n) is 2.68. The third-order valence-corrected chi connectivity index (χ3v) is 3.70. The van der Waals surface area contributed by atoms with E-state index in [0.717, 1.165) is 4.90 Å². The lowest BCUT2D eigenvalue weighted by Crippen LogP contribution is -2.14. The predicted molar refractivity (Wildman–Crippen MR) is 83.2 cm³/mol. The Kier molecular flexibility index (Phi) is 5.05. The van der Waals surface area contributed by atoms with Gasteiger partial charge in [0.1, 0.15) is 11.6 Å². The van der Waals surface area contributed by atoms with Gasteiger partial charge in [0.05, 0.1) is 18.6 Å². The van der Waals surface area contributed by atoms with E-state index in [1.807, 2.05) is 0 Å². The number of ether oxygens (including phenoxy) is 1. The first kappa shape index (κ1) is 15.2. The largest absolute Gasteiger partial charge is 0.494 e. The molecule has 0 aromatic heterocycles. The summed E-state index contributed by atoms with van der Waals surface area (Å²) in [6.45, 7) is 0. The van der Waals surface area contributed by atoms with Gasteiger partial charge in [-0.1, -0.05) is 0 Å². The monoisotopic (exact) mass is 306 g/mol. The topological polar surface area (TPSA) is 64.3 Å². The Bertz CT molecular complexity index is 632. The number of nitrogens with two attached hydrogens (primary N) is 1. The van der Waals surface area contributed by atoms with Crippen molar-refractivity contribution in [2.45, 2.75) is 4.90 Å². The lowest BCUT2D eigenvalue weighted by molar-refractivity contribution is -0.113. The van der Waals surface area contributed by atoms with E-state index in [4.69, 9.17) is 10.5 Å². The molecular formula is C15H15FN2O2S. The van der Waals surface area contributed by atoms with E-state index in [9.17, 15) is 9.18 Å². The molecule has 0 fully saturated rings. The Labute approximate surface area is 126 Å². The first-order valence-corrected chi connectivity index (χ1v) is 7.19. The number of nitrogen functional groups attached to an aromatic ring is 1. The fraction of sp³-hybridized carbons (Fsp3) is 0.133. The number of anilines is 2. The van der Waals surface area contributed by atoms with Crippen molar-refractivity contribution >= 4 is 29.0 Å². The molecule has 0 aliphatic rings. The zero-order chi connectivity index (χ0) is 15.2. The molecule has 110 valence electrons. The molecule has 0 aliphatic heterocycles. The Balaban J connectivity index is 1.94. The molecule has 21 heavy (non-hydrogen) atoms. The number of halogens is 1. The molecule has 1 amide bonds. The zero-order valence-corrected chi connectivity index (χ0v) is 12.2. The van der Waals surface area contributed by atoms with Crippen molar-refractivity contribution < 1.29 is 13.9 Å². The number of hydrogen-bond donors (Lipinski definition) is 2. The molecule has 3 N–H and O–H groups in total. The predicted octanol–water partition coefficient (Wildman–Crippen LogP) is 3.15. The van der Waals surface area contributed by atoms with Crippen molar-refractivity contribution in [3.8, 4) is 5.75 Å². The van der Waals surface area contributed by atoms with E-state index >= 15 is 0 Å². The van der Waals surface area contributed by atoms with E-state index in [1.165, 1.54) is 31.0 Å². The Hall–Kier alpha value is -2.21. The van der Waals surface area contributed by atoms with Crippen LogP contribution in [0.5, 0.6) is 5.75 Å². The molecule has 0 saturated carbocycles. The number of nitrogens with one attached hydrogen (secondary N) is 1. The summed E-state index contributed by atoms with van der Waals surface area (Å²) in [4.78, 5) is 12.7. The minimum atomic E-state index is -0.296. The van der Waals surface area contributed by atoms with Crippen molar-refractivity contribution in [3.63, 3.8) is 0 Å². The molecule has 2 aromatic carbocycles. The van der Waals surface area contributed by atoms with Crippen LogP contribution < -0.4 is 15.8 Å². The highest BCUT2D eigenvalue weighted by Gasteiger charge is 2.08. The summed E-state index contributed by atoms with van der Waals surface area (Å²) in [6, 6.07) is 11.0. The second-order valence-corrected chi connectivity index (χ2v) is 5.30. The van der Waals surface area contributed by atoms with Crippen molar-refractivity contribution in [1.29, 1.82) is 0 Å². The highest BCUT2D eigenvalue weighted by molar-refractivity contribution is 8.00. The number of hydrogen-bond acceptors (Lipinski definition) is 4. The van der Waals surface area contributed by atoms with Crippen LogP contribution in [0, 0.1) is 5.82 Å². The molecular weight excluding hydrogens is 291 g/mol. The lowest BCUT2D eigenvalue weighted by atomic mass is 10.2. The SMILES string of the molecule is COc1cc(N)ccc1NC(=O)CSc1ccc(F)cc1. The molecule has 0 bridgehead atoms. The quantitative estimate of drug-likeness (QED) is 0.658. The van der Waals surface area contributed by atoms with Crippen LogP contribution in [0.4, 0.5) is 15.8 Å². The minimum absolute atomic E-state index is 0.174. The van der Waals surface area contributed by atoms with Crippen molar-refractivity contribution in [2.75, 3.05) is 23.9 Å². The molecule has 0 heterocycles. The second kappa shape index (κ2) is 6.99. The molecule has 0 radical (unpaired) electrons. The summed E-state index contributed by atoms with van der Waals surface area (Å²) in [5.74, 6) is 0.261. The fourth-order valence-corrected chi connectivity index (χ4v) is 2.38. The van der Waals surface area contributed by atoms with Crippen LogP contribution in [0.3, 0.4) is 0 Å². The van der Waals surface area contributed by atoms with Crippen LogP contribution in [0.25, 0.3) is 0 Å². The van der Waals surface area contributed by atoms with Gasteiger partial charge in [0.25, 0.3) is 0 Å². The van der Waals surface area contributed by atoms with Crippen molar-refractivity contribution in [3.05, 3.63) is 48.3 Å². The number of carbonyl (C=O) groups is 1. The van der Waals surface area contributed by atoms with E-state index in [2.05, 4.69) is 5.32 Å². The van der Waals surface area contributed by atoms with E-state index in [1.54, 1.807) is 30.3 Å². The first-order chi connectivity index (χ1) is 10.1. The van der Waals surface area contributed by atoms with E-state index in [0.29, 0.717) is 17.1 Å². The van der Waals surface area contributed by atoms with Gasteiger partial charge in [0, 0.05) is 16.6 Å². The normalized spacial score (nSPS) is 10.2. The van der Waals surface area contributed by atoms with Crippen LogP contribution in [0.1, 0.15) is 0 Å². The van der Waals surface area contributed by atoms with Gasteiger partial charge in [-0.05, 0) is 36.4 Å². The molecule has 2 aromatic rings. The Morgan fingerprint density at radius 3 is 2.67 bits per heavy atom. The maximum Gasteiger partial charge on any atom is 0.234 e. The van der Waals surface area contributed by atoms with Crippen LogP contribution in [0.2, 0.25) is 0 Å². The first-order valence-electron chi connectivity index (χ1n) is 6.20. The standard InChI is InChI=1S/C15H15FN2O2S/c1-20-14-8-11(17)4-7-13(14)18-15(19)9-21-12-5-2-10(16)3-6-12/h2-8H,9,17H2,1H3,(H,18,19). The molecule has 6 heteroatoms. The smallest absolute Gasteiger partial charge is 0.234 e. The fourth-order valence-electron chi connectivity index (χ4n) is 1.68. The van der Waals surface area contributed by atoms with E-state index in [-0.39, 0.29) is 17.5 Å². The average molecular weight is 306 g/mol. The summed E-state index contributed by atoms with van der Waals surface area (Å²) in [5, 5.41) is 2.76. The maximum absolute atomic E-state index is 12.8. The van der Waals surface area contributed by atoms with Gasteiger partial charge in [-0.25, -0.2) is 4.39 Å². The van der Waals surface area contributed by atoms with Crippen LogP contribution in [0.15, 0.2) is 47.4 Å². The van der Waals surface area contributed by atoms with Gasteiger partial charge >= 0.3 is 0 Å². The summed E-state index contributed by atoms with van der Waals surface area (Å²) in [5.41, 5.74) is 6.78. The van der Waals surface area contributed by atoms with Crippen LogP contribution in [-0.4, -0.2) is 18.8 Å². The van der Waals surface area contributed by atoms with Gasteiger partial charge in [-0.15, -0.1) is 11.8 Å². The highest BCUT2D eigenvalue weighted by Crippen LogP contribution is 2.27. The van der Waals surface area contributed by atoms with Crippen LogP contribution in [-0.2, 0) is 4.79 Å². The molecule has 0 saturated heterocycles. The Morgan fingerprint density at radius 2 is 2.00 bits per heavy atom. The molecule has 4 nitrogen and oxygen atoms in total. The maximum atomic E-state index is 12.8. The van der Waals surface area contributed by atoms with Gasteiger partial charge in [0.15, 0.2) is 0 Å². The van der Waals surface area contributed by atoms with Gasteiger partial charge < -0.3 is 15.8 Å². The number of thioether (sulfide) groups is 1. The van der Waals surface area contributed by atoms with Crippen molar-refractivity contribution in [2.24, 2.45) is 0 Å². The molecule has 2 rings (SSSR count). The molecule has 0 aliphatic carbocycles. The molecule has 0 unspecified atom stereocenters. The van der Waals surface area contributed by atoms with Gasteiger partial charge in [0.2, 0.25) is 5.91 Å². The summed E-state index contributed by atoms with van der Waals surface area (Å²) >= 11 is 1.33. The van der Waals surface area contributed by atoms with Crippen molar-refractivity contribution in [1.82, 2.24) is 0 Å². The second-order valence-electron chi connectivity index (χ2n) is 4.25. The third kappa shape index (κ3) is 4.39. The van der Waals surface area contributed by atoms with Gasteiger partial charge in [-0.3, -0.25) is 4.79 Å².